The molecule has 0 aliphatic heterocycles. The van der Waals surface area contributed by atoms with Gasteiger partial charge in [-0.3, -0.25) is 0 Å². The van der Waals surface area contributed by atoms with Gasteiger partial charge in [-0.25, -0.2) is 0 Å². The molecule has 35 heavy (non-hydrogen) atoms. The van der Waals surface area contributed by atoms with Crippen molar-refractivity contribution in [2.24, 2.45) is 0 Å². The fourth-order valence-electron chi connectivity index (χ4n) is 4.62. The third-order valence-electron chi connectivity index (χ3n) is 6.31. The summed E-state index contributed by atoms with van der Waals surface area (Å²) in [5, 5.41) is 0. The van der Waals surface area contributed by atoms with Crippen molar-refractivity contribution < 1.29 is 0 Å². The topological polar surface area (TPSA) is 0 Å². The molecule has 0 nitrogen and oxygen atoms in total. The summed E-state index contributed by atoms with van der Waals surface area (Å²) >= 11 is 1.14. The monoisotopic (exact) mass is 572 g/mol. The molecule has 2 radical (unpaired) electrons. The zero-order valence-electron chi connectivity index (χ0n) is 19.5. The van der Waals surface area contributed by atoms with Crippen molar-refractivity contribution in [2.75, 3.05) is 0 Å². The molecule has 0 fully saturated rings. The maximum absolute atomic E-state index is 4.80. The van der Waals surface area contributed by atoms with E-state index in [1.165, 1.54) is 35.3 Å². The van der Waals surface area contributed by atoms with Crippen LogP contribution in [0.3, 0.4) is 0 Å². The molecule has 0 aromatic heterocycles. The Morgan fingerprint density at radius 1 is 0.514 bits per heavy atom. The number of benzene rings is 5. The number of hydrogen-bond donors (Lipinski definition) is 0. The van der Waals surface area contributed by atoms with Crippen LogP contribution in [-0.4, -0.2) is 31.5 Å². The van der Waals surface area contributed by atoms with Crippen LogP contribution in [0.2, 0.25) is 0 Å². The van der Waals surface area contributed by atoms with E-state index in [0.717, 1.165) is 0 Å². The van der Waals surface area contributed by atoms with Crippen LogP contribution in [0.15, 0.2) is 152 Å². The Labute approximate surface area is 222 Å². The van der Waals surface area contributed by atoms with Crippen LogP contribution in [0.4, 0.5) is 0 Å². The van der Waals surface area contributed by atoms with E-state index in [4.69, 9.17) is 6.58 Å². The standard InChI is InChI=1S/C33H26As2/c1-26(35(29-20-10-4-11-21-29)30-22-12-5-13-23-30)31-24-14-15-25-32(31)33(34,27-16-6-2-7-17-27)28-18-8-3-9-19-28/h2-25H,1H2. The second-order valence-electron chi connectivity index (χ2n) is 8.44. The first-order chi connectivity index (χ1) is 17.2. The average Bonchev–Trinajstić information content (AvgIpc) is 2.95. The molecule has 0 heterocycles. The first-order valence-electron chi connectivity index (χ1n) is 11.7. The van der Waals surface area contributed by atoms with Crippen LogP contribution < -0.4 is 8.70 Å². The van der Waals surface area contributed by atoms with E-state index in [0.29, 0.717) is 0 Å². The Bertz CT molecular complexity index is 1320. The summed E-state index contributed by atoms with van der Waals surface area (Å²) in [4.78, 5) is 0. The fourth-order valence-corrected chi connectivity index (χ4v) is 10.5. The van der Waals surface area contributed by atoms with Crippen molar-refractivity contribution >= 4 is 44.6 Å². The molecular formula is C33H26As2. The predicted molar refractivity (Wildman–Crippen MR) is 152 cm³/mol. The third kappa shape index (κ3) is 4.75. The van der Waals surface area contributed by atoms with Crippen molar-refractivity contribution in [3.8, 4) is 0 Å². The SMILES string of the molecule is C=C(c1ccccc1C([As])(c1ccccc1)c1ccccc1)[As](c1ccccc1)c1ccccc1. The summed E-state index contributed by atoms with van der Waals surface area (Å²) in [7, 11) is 0. The first kappa shape index (κ1) is 23.7. The van der Waals surface area contributed by atoms with Crippen LogP contribution in [0.5, 0.6) is 0 Å². The molecule has 0 unspecified atom stereocenters. The van der Waals surface area contributed by atoms with Crippen LogP contribution in [0, 0.1) is 0 Å². The summed E-state index contributed by atoms with van der Waals surface area (Å²) < 4.78 is 3.65. The van der Waals surface area contributed by atoms with Gasteiger partial charge in [0.05, 0.1) is 0 Å². The Morgan fingerprint density at radius 3 is 1.34 bits per heavy atom. The minimum absolute atomic E-state index is 0.373. The average molecular weight is 572 g/mol. The Morgan fingerprint density at radius 2 is 0.886 bits per heavy atom. The van der Waals surface area contributed by atoms with E-state index in [2.05, 4.69) is 162 Å². The van der Waals surface area contributed by atoms with Gasteiger partial charge in [-0.05, 0) is 0 Å². The number of hydrogen-bond acceptors (Lipinski definition) is 0. The second kappa shape index (κ2) is 10.7. The molecule has 0 bridgehead atoms. The van der Waals surface area contributed by atoms with E-state index in [1.807, 2.05) is 0 Å². The Hall–Kier alpha value is -3.04. The zero-order valence-corrected chi connectivity index (χ0v) is 23.2. The van der Waals surface area contributed by atoms with Crippen molar-refractivity contribution in [2.45, 2.75) is 4.20 Å². The summed E-state index contributed by atoms with van der Waals surface area (Å²) in [6.07, 6.45) is 0. The van der Waals surface area contributed by atoms with Crippen LogP contribution >= 0.6 is 0 Å². The zero-order chi connectivity index (χ0) is 24.1. The molecular weight excluding hydrogens is 546 g/mol. The molecule has 0 N–H and O–H groups in total. The molecule has 5 aromatic carbocycles. The van der Waals surface area contributed by atoms with Gasteiger partial charge in [0, 0.05) is 0 Å². The molecule has 5 aromatic rings. The van der Waals surface area contributed by atoms with Gasteiger partial charge in [0.2, 0.25) is 0 Å². The van der Waals surface area contributed by atoms with Gasteiger partial charge in [-0.15, -0.1) is 0 Å². The molecule has 2 heteroatoms. The van der Waals surface area contributed by atoms with Gasteiger partial charge >= 0.3 is 223 Å². The molecule has 0 spiro atoms. The van der Waals surface area contributed by atoms with Gasteiger partial charge < -0.3 is 0 Å². The van der Waals surface area contributed by atoms with Gasteiger partial charge in [-0.2, -0.15) is 0 Å². The van der Waals surface area contributed by atoms with Crippen LogP contribution in [-0.2, 0) is 4.20 Å². The van der Waals surface area contributed by atoms with Crippen LogP contribution in [0.1, 0.15) is 22.3 Å². The predicted octanol–water partition coefficient (Wildman–Crippen LogP) is 6.01. The molecule has 0 saturated heterocycles. The number of rotatable bonds is 7. The van der Waals surface area contributed by atoms with Crippen LogP contribution in [0.25, 0.3) is 4.36 Å². The van der Waals surface area contributed by atoms with Gasteiger partial charge in [-0.1, -0.05) is 0 Å². The van der Waals surface area contributed by atoms with E-state index in [9.17, 15) is 0 Å². The second-order valence-corrected chi connectivity index (χ2v) is 14.6. The summed E-state index contributed by atoms with van der Waals surface area (Å²) in [6.45, 7) is 4.80. The van der Waals surface area contributed by atoms with Crippen molar-refractivity contribution in [1.29, 1.82) is 0 Å². The summed E-state index contributed by atoms with van der Waals surface area (Å²) in [6, 6.07) is 52.3. The molecule has 0 aliphatic carbocycles. The first-order valence-corrected chi connectivity index (χ1v) is 15.5. The molecule has 0 atom stereocenters. The van der Waals surface area contributed by atoms with Gasteiger partial charge in [0.25, 0.3) is 0 Å². The third-order valence-corrected chi connectivity index (χ3v) is 13.0. The van der Waals surface area contributed by atoms with Crippen molar-refractivity contribution in [3.05, 3.63) is 174 Å². The molecule has 168 valence electrons. The van der Waals surface area contributed by atoms with E-state index < -0.39 is 14.7 Å². The summed E-state index contributed by atoms with van der Waals surface area (Å²) in [5.74, 6) is 0. The Balaban J connectivity index is 1.72. The van der Waals surface area contributed by atoms with Crippen molar-refractivity contribution in [3.63, 3.8) is 0 Å². The van der Waals surface area contributed by atoms with E-state index in [-0.39, 0.29) is 4.20 Å². The molecule has 0 saturated carbocycles. The fraction of sp³-hybridized carbons (Fsp3) is 0.0303. The Kier molecular flexibility index (Phi) is 7.24. The maximum atomic E-state index is 4.80. The van der Waals surface area contributed by atoms with E-state index in [1.54, 1.807) is 0 Å². The van der Waals surface area contributed by atoms with Crippen molar-refractivity contribution in [1.82, 2.24) is 0 Å². The molecule has 5 rings (SSSR count). The van der Waals surface area contributed by atoms with Gasteiger partial charge in [0.1, 0.15) is 0 Å². The quantitative estimate of drug-likeness (QED) is 0.166. The normalized spacial score (nSPS) is 11.4. The minimum atomic E-state index is -1.85. The van der Waals surface area contributed by atoms with E-state index >= 15 is 0 Å². The summed E-state index contributed by atoms with van der Waals surface area (Å²) in [5.41, 5.74) is 5.03. The van der Waals surface area contributed by atoms with Gasteiger partial charge in [0.15, 0.2) is 0 Å². The molecule has 0 aliphatic rings. The molecule has 0 amide bonds.